The summed E-state index contributed by atoms with van der Waals surface area (Å²) in [7, 11) is 4.39. The summed E-state index contributed by atoms with van der Waals surface area (Å²) in [6.45, 7) is 3.84. The third-order valence-corrected chi connectivity index (χ3v) is 4.08. The lowest BCUT2D eigenvalue weighted by Gasteiger charge is -2.22. The fraction of sp³-hybridized carbons (Fsp3) is 1.00. The Kier molecular flexibility index (Phi) is 3.65. The SMILES string of the molecule is CN(C)C1CCN(CC2CCC(N)C2)C1. The Bertz CT molecular complexity index is 205. The average Bonchev–Trinajstić information content (AvgIpc) is 2.76. The van der Waals surface area contributed by atoms with Gasteiger partial charge in [-0.25, -0.2) is 0 Å². The van der Waals surface area contributed by atoms with E-state index >= 15 is 0 Å². The van der Waals surface area contributed by atoms with Gasteiger partial charge in [0.2, 0.25) is 0 Å². The number of hydrogen-bond donors (Lipinski definition) is 1. The summed E-state index contributed by atoms with van der Waals surface area (Å²) < 4.78 is 0. The van der Waals surface area contributed by atoms with E-state index in [1.807, 2.05) is 0 Å². The summed E-state index contributed by atoms with van der Waals surface area (Å²) in [6, 6.07) is 1.27. The van der Waals surface area contributed by atoms with Crippen LogP contribution in [0.5, 0.6) is 0 Å². The maximum absolute atomic E-state index is 5.95. The summed E-state index contributed by atoms with van der Waals surface area (Å²) >= 11 is 0. The Balaban J connectivity index is 1.73. The first-order chi connectivity index (χ1) is 7.15. The van der Waals surface area contributed by atoms with Gasteiger partial charge in [0, 0.05) is 25.2 Å². The molecular formula is C12H25N3. The number of hydrogen-bond acceptors (Lipinski definition) is 3. The van der Waals surface area contributed by atoms with Crippen LogP contribution in [-0.4, -0.2) is 55.6 Å². The van der Waals surface area contributed by atoms with E-state index in [2.05, 4.69) is 23.9 Å². The van der Waals surface area contributed by atoms with Gasteiger partial charge in [0.25, 0.3) is 0 Å². The second-order valence-electron chi connectivity index (χ2n) is 5.60. The van der Waals surface area contributed by atoms with Crippen molar-refractivity contribution in [3.8, 4) is 0 Å². The highest BCUT2D eigenvalue weighted by Crippen LogP contribution is 2.26. The molecule has 3 atom stereocenters. The van der Waals surface area contributed by atoms with Crippen LogP contribution in [0.1, 0.15) is 25.7 Å². The first-order valence-electron chi connectivity index (χ1n) is 6.29. The van der Waals surface area contributed by atoms with E-state index in [4.69, 9.17) is 5.73 Å². The maximum atomic E-state index is 5.95. The molecule has 1 saturated carbocycles. The highest BCUT2D eigenvalue weighted by atomic mass is 15.2. The van der Waals surface area contributed by atoms with E-state index in [9.17, 15) is 0 Å². The second kappa shape index (κ2) is 4.81. The van der Waals surface area contributed by atoms with Crippen LogP contribution >= 0.6 is 0 Å². The van der Waals surface area contributed by atoms with Crippen molar-refractivity contribution in [2.24, 2.45) is 11.7 Å². The average molecular weight is 211 g/mol. The first kappa shape index (κ1) is 11.4. The molecule has 3 unspecified atom stereocenters. The molecule has 1 saturated heterocycles. The largest absolute Gasteiger partial charge is 0.328 e. The van der Waals surface area contributed by atoms with Gasteiger partial charge in [-0.1, -0.05) is 0 Å². The van der Waals surface area contributed by atoms with Crippen molar-refractivity contribution < 1.29 is 0 Å². The van der Waals surface area contributed by atoms with Gasteiger partial charge in [0.15, 0.2) is 0 Å². The predicted molar refractivity (Wildman–Crippen MR) is 63.8 cm³/mol. The van der Waals surface area contributed by atoms with Crippen LogP contribution in [0.25, 0.3) is 0 Å². The molecule has 3 heteroatoms. The van der Waals surface area contributed by atoms with Crippen LogP contribution in [0.3, 0.4) is 0 Å². The zero-order chi connectivity index (χ0) is 10.8. The molecule has 0 aromatic heterocycles. The summed E-state index contributed by atoms with van der Waals surface area (Å²) in [4.78, 5) is 4.99. The van der Waals surface area contributed by atoms with Gasteiger partial charge in [-0.05, 0) is 52.2 Å². The minimum atomic E-state index is 0.488. The van der Waals surface area contributed by atoms with Crippen LogP contribution < -0.4 is 5.73 Å². The third kappa shape index (κ3) is 2.92. The molecule has 0 radical (unpaired) electrons. The van der Waals surface area contributed by atoms with Crippen molar-refractivity contribution in [1.82, 2.24) is 9.80 Å². The summed E-state index contributed by atoms with van der Waals surface area (Å²) in [5.74, 6) is 0.876. The molecule has 1 heterocycles. The van der Waals surface area contributed by atoms with Crippen molar-refractivity contribution in [1.29, 1.82) is 0 Å². The molecule has 0 aromatic rings. The molecule has 3 nitrogen and oxygen atoms in total. The fourth-order valence-corrected chi connectivity index (χ4v) is 3.04. The van der Waals surface area contributed by atoms with Gasteiger partial charge in [0.1, 0.15) is 0 Å². The van der Waals surface area contributed by atoms with Crippen LogP contribution in [0.4, 0.5) is 0 Å². The normalized spacial score (nSPS) is 38.0. The molecule has 0 aromatic carbocycles. The lowest BCUT2D eigenvalue weighted by atomic mass is 10.1. The van der Waals surface area contributed by atoms with Crippen molar-refractivity contribution in [2.45, 2.75) is 37.8 Å². The third-order valence-electron chi connectivity index (χ3n) is 4.08. The zero-order valence-corrected chi connectivity index (χ0v) is 10.2. The summed E-state index contributed by atoms with van der Waals surface area (Å²) in [5.41, 5.74) is 5.95. The number of likely N-dealkylation sites (tertiary alicyclic amines) is 1. The summed E-state index contributed by atoms with van der Waals surface area (Å²) in [5, 5.41) is 0. The van der Waals surface area contributed by atoms with Crippen LogP contribution in [-0.2, 0) is 0 Å². The van der Waals surface area contributed by atoms with Gasteiger partial charge < -0.3 is 15.5 Å². The molecule has 1 aliphatic carbocycles. The van der Waals surface area contributed by atoms with E-state index in [-0.39, 0.29) is 0 Å². The molecule has 2 N–H and O–H groups in total. The van der Waals surface area contributed by atoms with Gasteiger partial charge >= 0.3 is 0 Å². The Hall–Kier alpha value is -0.120. The Morgan fingerprint density at radius 1 is 1.27 bits per heavy atom. The second-order valence-corrected chi connectivity index (χ2v) is 5.60. The molecule has 0 bridgehead atoms. The standard InChI is InChI=1S/C12H25N3/c1-14(2)12-5-6-15(9-12)8-10-3-4-11(13)7-10/h10-12H,3-9,13H2,1-2H3. The molecule has 15 heavy (non-hydrogen) atoms. The molecular weight excluding hydrogens is 186 g/mol. The predicted octanol–water partition coefficient (Wildman–Crippen LogP) is 0.750. The highest BCUT2D eigenvalue weighted by molar-refractivity contribution is 4.85. The molecule has 0 spiro atoms. The fourth-order valence-electron chi connectivity index (χ4n) is 3.04. The van der Waals surface area contributed by atoms with Gasteiger partial charge in [-0.15, -0.1) is 0 Å². The monoisotopic (exact) mass is 211 g/mol. The molecule has 1 aliphatic heterocycles. The van der Waals surface area contributed by atoms with Gasteiger partial charge in [-0.3, -0.25) is 0 Å². The van der Waals surface area contributed by atoms with E-state index in [1.54, 1.807) is 0 Å². The van der Waals surface area contributed by atoms with E-state index in [0.29, 0.717) is 6.04 Å². The summed E-state index contributed by atoms with van der Waals surface area (Å²) in [6.07, 6.45) is 5.19. The van der Waals surface area contributed by atoms with Crippen LogP contribution in [0.2, 0.25) is 0 Å². The van der Waals surface area contributed by atoms with Crippen LogP contribution in [0.15, 0.2) is 0 Å². The topological polar surface area (TPSA) is 32.5 Å². The van der Waals surface area contributed by atoms with E-state index in [1.165, 1.54) is 45.3 Å². The first-order valence-corrected chi connectivity index (χ1v) is 6.29. The molecule has 2 rings (SSSR count). The van der Waals surface area contributed by atoms with Crippen molar-refractivity contribution in [2.75, 3.05) is 33.7 Å². The highest BCUT2D eigenvalue weighted by Gasteiger charge is 2.28. The van der Waals surface area contributed by atoms with Gasteiger partial charge in [0.05, 0.1) is 0 Å². The van der Waals surface area contributed by atoms with Crippen LogP contribution in [0, 0.1) is 5.92 Å². The number of likely N-dealkylation sites (N-methyl/N-ethyl adjacent to an activating group) is 1. The Labute approximate surface area is 93.6 Å². The number of rotatable bonds is 3. The smallest absolute Gasteiger partial charge is 0.0229 e. The van der Waals surface area contributed by atoms with E-state index in [0.717, 1.165) is 12.0 Å². The van der Waals surface area contributed by atoms with Crippen molar-refractivity contribution in [3.05, 3.63) is 0 Å². The lowest BCUT2D eigenvalue weighted by molar-refractivity contribution is 0.242. The Morgan fingerprint density at radius 3 is 2.60 bits per heavy atom. The number of nitrogens with two attached hydrogens (primary N) is 1. The van der Waals surface area contributed by atoms with Crippen molar-refractivity contribution >= 4 is 0 Å². The quantitative estimate of drug-likeness (QED) is 0.748. The lowest BCUT2D eigenvalue weighted by Crippen LogP contribution is -2.33. The van der Waals surface area contributed by atoms with Crippen molar-refractivity contribution in [3.63, 3.8) is 0 Å². The minimum absolute atomic E-state index is 0.488. The molecule has 2 aliphatic rings. The van der Waals surface area contributed by atoms with Gasteiger partial charge in [-0.2, -0.15) is 0 Å². The van der Waals surface area contributed by atoms with E-state index < -0.39 is 0 Å². The Morgan fingerprint density at radius 2 is 2.07 bits per heavy atom. The minimum Gasteiger partial charge on any atom is -0.328 e. The molecule has 88 valence electrons. The zero-order valence-electron chi connectivity index (χ0n) is 10.2. The number of nitrogens with zero attached hydrogens (tertiary/aromatic N) is 2. The molecule has 0 amide bonds. The molecule has 2 fully saturated rings. The maximum Gasteiger partial charge on any atom is 0.0229 e.